The Morgan fingerprint density at radius 3 is 2.63 bits per heavy atom. The van der Waals surface area contributed by atoms with Gasteiger partial charge in [-0.05, 0) is 37.0 Å². The average molecular weight is 504 g/mol. The summed E-state index contributed by atoms with van der Waals surface area (Å²) in [6.45, 7) is 2.11. The Hall–Kier alpha value is -2.97. The van der Waals surface area contributed by atoms with Crippen LogP contribution in [0.25, 0.3) is 5.69 Å². The lowest BCUT2D eigenvalue weighted by atomic mass is 9.95. The molecule has 4 aromatic rings. The van der Waals surface area contributed by atoms with E-state index in [0.29, 0.717) is 17.9 Å². The number of hydrogen-bond donors (Lipinski definition) is 1. The molecule has 1 N–H and O–H groups in total. The van der Waals surface area contributed by atoms with E-state index in [-0.39, 0.29) is 11.9 Å². The molecule has 2 heterocycles. The largest absolute Gasteiger partial charge is 0.348 e. The lowest BCUT2D eigenvalue weighted by Gasteiger charge is -2.22. The van der Waals surface area contributed by atoms with Gasteiger partial charge in [0.2, 0.25) is 0 Å². The van der Waals surface area contributed by atoms with Crippen LogP contribution in [-0.2, 0) is 12.2 Å². The van der Waals surface area contributed by atoms with Gasteiger partial charge in [0.15, 0.2) is 5.16 Å². The first-order valence-corrected chi connectivity index (χ1v) is 14.0. The third kappa shape index (κ3) is 5.82. The molecule has 1 fully saturated rings. The molecular weight excluding hydrogens is 474 g/mol. The van der Waals surface area contributed by atoms with E-state index in [9.17, 15) is 4.79 Å². The van der Waals surface area contributed by atoms with Crippen LogP contribution in [0.15, 0.2) is 65.1 Å². The molecule has 0 atom stereocenters. The van der Waals surface area contributed by atoms with E-state index in [2.05, 4.69) is 56.3 Å². The summed E-state index contributed by atoms with van der Waals surface area (Å²) in [5, 5.41) is 15.8. The Bertz CT molecular complexity index is 1280. The summed E-state index contributed by atoms with van der Waals surface area (Å²) < 4.78 is 2.15. The van der Waals surface area contributed by atoms with Crippen molar-refractivity contribution in [1.82, 2.24) is 25.1 Å². The van der Waals surface area contributed by atoms with Crippen LogP contribution in [0.1, 0.15) is 64.6 Å². The zero-order valence-electron chi connectivity index (χ0n) is 19.8. The molecule has 1 saturated carbocycles. The van der Waals surface area contributed by atoms with Gasteiger partial charge in [0.1, 0.15) is 16.5 Å². The molecule has 0 spiro atoms. The highest BCUT2D eigenvalue weighted by atomic mass is 32.2. The van der Waals surface area contributed by atoms with Crippen LogP contribution in [0.2, 0.25) is 0 Å². The minimum atomic E-state index is -0.0578. The van der Waals surface area contributed by atoms with Crippen molar-refractivity contribution >= 4 is 29.0 Å². The molecule has 0 radical (unpaired) electrons. The number of nitrogens with zero attached hydrogens (tertiary/aromatic N) is 4. The number of hydrogen-bond acceptors (Lipinski definition) is 6. The fraction of sp³-hybridized carbons (Fsp3) is 0.333. The number of thioether (sulfide) groups is 1. The lowest BCUT2D eigenvalue weighted by molar-refractivity contribution is 0.0923. The van der Waals surface area contributed by atoms with E-state index in [0.717, 1.165) is 34.5 Å². The number of aromatic nitrogens is 4. The summed E-state index contributed by atoms with van der Waals surface area (Å²) in [5.41, 5.74) is 3.96. The number of para-hydroxylation sites is 1. The summed E-state index contributed by atoms with van der Waals surface area (Å²) in [6, 6.07) is 18.9. The molecule has 0 unspecified atom stereocenters. The minimum Gasteiger partial charge on any atom is -0.348 e. The minimum absolute atomic E-state index is 0.0578. The van der Waals surface area contributed by atoms with E-state index < -0.39 is 0 Å². The van der Waals surface area contributed by atoms with Crippen LogP contribution in [0.5, 0.6) is 0 Å². The van der Waals surface area contributed by atoms with E-state index in [1.807, 2.05) is 35.7 Å². The Morgan fingerprint density at radius 1 is 1.06 bits per heavy atom. The van der Waals surface area contributed by atoms with Gasteiger partial charge in [0.05, 0.1) is 11.4 Å². The smallest absolute Gasteiger partial charge is 0.270 e. The van der Waals surface area contributed by atoms with Gasteiger partial charge < -0.3 is 5.32 Å². The summed E-state index contributed by atoms with van der Waals surface area (Å²) in [7, 11) is 0. The van der Waals surface area contributed by atoms with Crippen molar-refractivity contribution < 1.29 is 4.79 Å². The van der Waals surface area contributed by atoms with Crippen molar-refractivity contribution in [1.29, 1.82) is 0 Å². The van der Waals surface area contributed by atoms with E-state index >= 15 is 0 Å². The second-order valence-electron chi connectivity index (χ2n) is 8.91. The molecule has 0 bridgehead atoms. The number of thiazole rings is 1. The zero-order chi connectivity index (χ0) is 24.0. The number of carbonyl (C=O) groups excluding carboxylic acids is 1. The third-order valence-electron chi connectivity index (χ3n) is 6.31. The van der Waals surface area contributed by atoms with Crippen LogP contribution in [0, 0.1) is 6.92 Å². The topological polar surface area (TPSA) is 72.7 Å². The van der Waals surface area contributed by atoms with Gasteiger partial charge in [0.25, 0.3) is 5.91 Å². The maximum absolute atomic E-state index is 12.7. The van der Waals surface area contributed by atoms with Crippen LogP contribution >= 0.6 is 23.1 Å². The molecule has 2 aromatic heterocycles. The Labute approximate surface area is 214 Å². The highest BCUT2D eigenvalue weighted by Gasteiger charge is 2.20. The summed E-state index contributed by atoms with van der Waals surface area (Å²) in [5.74, 6) is 1.48. The SMILES string of the molecule is Cc1ccccc1-n1c(Cc2ccccc2)nnc1SCc1nc(C(=O)NC2CCCCC2)cs1. The number of nitrogens with one attached hydrogen (secondary N) is 1. The monoisotopic (exact) mass is 503 g/mol. The first-order valence-electron chi connectivity index (χ1n) is 12.1. The van der Waals surface area contributed by atoms with Crippen molar-refractivity contribution in [2.45, 2.75) is 62.4 Å². The van der Waals surface area contributed by atoms with Crippen molar-refractivity contribution in [3.63, 3.8) is 0 Å². The molecule has 1 aliphatic rings. The predicted octanol–water partition coefficient (Wildman–Crippen LogP) is 5.98. The molecule has 0 saturated heterocycles. The highest BCUT2D eigenvalue weighted by molar-refractivity contribution is 7.98. The summed E-state index contributed by atoms with van der Waals surface area (Å²) >= 11 is 3.12. The normalized spacial score (nSPS) is 14.2. The molecule has 1 amide bonds. The first kappa shape index (κ1) is 23.8. The molecule has 8 heteroatoms. The molecule has 180 valence electrons. The zero-order valence-corrected chi connectivity index (χ0v) is 21.4. The Balaban J connectivity index is 1.32. The lowest BCUT2D eigenvalue weighted by Crippen LogP contribution is -2.36. The molecule has 1 aliphatic carbocycles. The first-order chi connectivity index (χ1) is 17.2. The number of carbonyl (C=O) groups is 1. The van der Waals surface area contributed by atoms with E-state index in [1.165, 1.54) is 41.7 Å². The molecule has 2 aromatic carbocycles. The Kier molecular flexibility index (Phi) is 7.59. The number of aryl methyl sites for hydroxylation is 1. The van der Waals surface area contributed by atoms with Gasteiger partial charge in [-0.2, -0.15) is 0 Å². The average Bonchev–Trinajstić information content (AvgIpc) is 3.52. The number of amides is 1. The number of benzene rings is 2. The van der Waals surface area contributed by atoms with E-state index in [4.69, 9.17) is 0 Å². The van der Waals surface area contributed by atoms with Gasteiger partial charge in [0, 0.05) is 17.8 Å². The number of rotatable bonds is 8. The van der Waals surface area contributed by atoms with Crippen molar-refractivity contribution in [2.24, 2.45) is 0 Å². The van der Waals surface area contributed by atoms with Crippen molar-refractivity contribution in [3.8, 4) is 5.69 Å². The van der Waals surface area contributed by atoms with Gasteiger partial charge in [-0.1, -0.05) is 79.6 Å². The van der Waals surface area contributed by atoms with Gasteiger partial charge >= 0.3 is 0 Å². The van der Waals surface area contributed by atoms with E-state index in [1.54, 1.807) is 11.8 Å². The molecule has 5 rings (SSSR count). The van der Waals surface area contributed by atoms with Crippen molar-refractivity contribution in [3.05, 3.63) is 87.6 Å². The van der Waals surface area contributed by atoms with Gasteiger partial charge in [-0.15, -0.1) is 21.5 Å². The summed E-state index contributed by atoms with van der Waals surface area (Å²) in [4.78, 5) is 17.3. The summed E-state index contributed by atoms with van der Waals surface area (Å²) in [6.07, 6.45) is 6.49. The predicted molar refractivity (Wildman–Crippen MR) is 141 cm³/mol. The second kappa shape index (κ2) is 11.2. The molecule has 0 aliphatic heterocycles. The van der Waals surface area contributed by atoms with Crippen LogP contribution < -0.4 is 5.32 Å². The molecule has 6 nitrogen and oxygen atoms in total. The van der Waals surface area contributed by atoms with Crippen LogP contribution in [0.4, 0.5) is 0 Å². The van der Waals surface area contributed by atoms with Crippen LogP contribution in [0.3, 0.4) is 0 Å². The van der Waals surface area contributed by atoms with Gasteiger partial charge in [-0.3, -0.25) is 9.36 Å². The van der Waals surface area contributed by atoms with Crippen LogP contribution in [-0.4, -0.2) is 31.7 Å². The quantitative estimate of drug-likeness (QED) is 0.300. The highest BCUT2D eigenvalue weighted by Crippen LogP contribution is 2.29. The molecule has 35 heavy (non-hydrogen) atoms. The second-order valence-corrected chi connectivity index (χ2v) is 10.8. The maximum Gasteiger partial charge on any atom is 0.270 e. The third-order valence-corrected chi connectivity index (χ3v) is 8.28. The fourth-order valence-electron chi connectivity index (χ4n) is 4.46. The van der Waals surface area contributed by atoms with Crippen molar-refractivity contribution in [2.75, 3.05) is 0 Å². The fourth-order valence-corrected chi connectivity index (χ4v) is 6.21. The Morgan fingerprint density at radius 2 is 1.83 bits per heavy atom. The maximum atomic E-state index is 12.7. The standard InChI is InChI=1S/C27H29N5OS2/c1-19-10-8-9-15-23(19)32-24(16-20-11-4-2-5-12-20)30-31-27(32)35-18-25-29-22(17-34-25)26(33)28-21-13-6-3-7-14-21/h2,4-5,8-12,15,17,21H,3,6-7,13-14,16,18H2,1H3,(H,28,33). The van der Waals surface area contributed by atoms with Gasteiger partial charge in [-0.25, -0.2) is 4.98 Å². The molecular formula is C27H29N5OS2.